The molecule has 0 aliphatic heterocycles. The van der Waals surface area contributed by atoms with Gasteiger partial charge in [-0.05, 0) is 12.8 Å². The maximum Gasteiger partial charge on any atom is 0.315 e. The molecule has 3 heteroatoms. The molecule has 1 unspecified atom stereocenters. The van der Waals surface area contributed by atoms with Crippen molar-refractivity contribution in [2.24, 2.45) is 0 Å². The van der Waals surface area contributed by atoms with Crippen LogP contribution in [0.4, 0.5) is 0 Å². The second-order valence-corrected chi connectivity index (χ2v) is 4.53. The maximum absolute atomic E-state index is 11.1. The average molecular weight is 204 g/mol. The SMILES string of the molecule is CCCCOC(=O)CSC(C)CC. The molecule has 0 saturated carbocycles. The summed E-state index contributed by atoms with van der Waals surface area (Å²) in [5.74, 6) is 0.428. The molecule has 2 nitrogen and oxygen atoms in total. The third-order valence-electron chi connectivity index (χ3n) is 1.82. The topological polar surface area (TPSA) is 26.3 Å². The predicted octanol–water partition coefficient (Wildman–Crippen LogP) is 2.86. The van der Waals surface area contributed by atoms with E-state index >= 15 is 0 Å². The van der Waals surface area contributed by atoms with Crippen molar-refractivity contribution in [2.45, 2.75) is 45.3 Å². The van der Waals surface area contributed by atoms with E-state index < -0.39 is 0 Å². The van der Waals surface area contributed by atoms with Crippen LogP contribution in [0.15, 0.2) is 0 Å². The van der Waals surface area contributed by atoms with E-state index in [4.69, 9.17) is 4.74 Å². The molecule has 0 aromatic rings. The molecule has 13 heavy (non-hydrogen) atoms. The van der Waals surface area contributed by atoms with Crippen LogP contribution in [0.25, 0.3) is 0 Å². The van der Waals surface area contributed by atoms with Gasteiger partial charge in [-0.1, -0.05) is 27.2 Å². The summed E-state index contributed by atoms with van der Waals surface area (Å²) in [5, 5.41) is 0.554. The third kappa shape index (κ3) is 8.16. The van der Waals surface area contributed by atoms with Gasteiger partial charge in [-0.3, -0.25) is 4.79 Å². The van der Waals surface area contributed by atoms with Gasteiger partial charge in [0, 0.05) is 5.25 Å². The van der Waals surface area contributed by atoms with Crippen LogP contribution in [-0.4, -0.2) is 23.6 Å². The molecule has 0 N–H and O–H groups in total. The minimum absolute atomic E-state index is 0.0706. The zero-order valence-electron chi connectivity index (χ0n) is 8.84. The van der Waals surface area contributed by atoms with Crippen molar-refractivity contribution in [1.29, 1.82) is 0 Å². The number of carbonyl (C=O) groups excluding carboxylic acids is 1. The van der Waals surface area contributed by atoms with Gasteiger partial charge in [0.05, 0.1) is 12.4 Å². The van der Waals surface area contributed by atoms with Gasteiger partial charge in [-0.2, -0.15) is 0 Å². The van der Waals surface area contributed by atoms with Crippen LogP contribution >= 0.6 is 11.8 Å². The first kappa shape index (κ1) is 12.8. The molecule has 0 aliphatic carbocycles. The lowest BCUT2D eigenvalue weighted by molar-refractivity contribution is -0.140. The van der Waals surface area contributed by atoms with Gasteiger partial charge in [0.25, 0.3) is 0 Å². The van der Waals surface area contributed by atoms with Crippen molar-refractivity contribution < 1.29 is 9.53 Å². The fraction of sp³-hybridized carbons (Fsp3) is 0.900. The highest BCUT2D eigenvalue weighted by Gasteiger charge is 2.05. The van der Waals surface area contributed by atoms with Crippen molar-refractivity contribution in [3.05, 3.63) is 0 Å². The lowest BCUT2D eigenvalue weighted by atomic mass is 10.4. The zero-order chi connectivity index (χ0) is 10.1. The smallest absolute Gasteiger partial charge is 0.315 e. The second-order valence-electron chi connectivity index (χ2n) is 3.10. The summed E-state index contributed by atoms with van der Waals surface area (Å²) in [4.78, 5) is 11.1. The molecule has 0 spiro atoms. The summed E-state index contributed by atoms with van der Waals surface area (Å²) in [6.45, 7) is 6.92. The predicted molar refractivity (Wildman–Crippen MR) is 58.1 cm³/mol. The van der Waals surface area contributed by atoms with Crippen molar-refractivity contribution in [1.82, 2.24) is 0 Å². The highest BCUT2D eigenvalue weighted by molar-refractivity contribution is 8.00. The molecule has 0 fully saturated rings. The Morgan fingerprint density at radius 3 is 2.69 bits per heavy atom. The summed E-state index contributed by atoms with van der Waals surface area (Å²) >= 11 is 1.67. The van der Waals surface area contributed by atoms with E-state index in [9.17, 15) is 4.79 Å². The van der Waals surface area contributed by atoms with Gasteiger partial charge < -0.3 is 4.74 Å². The van der Waals surface area contributed by atoms with Crippen molar-refractivity contribution in [3.63, 3.8) is 0 Å². The molecular formula is C10H20O2S. The first-order valence-corrected chi connectivity index (χ1v) is 6.02. The normalized spacial score (nSPS) is 12.5. The molecule has 0 aromatic heterocycles. The van der Waals surface area contributed by atoms with Crippen LogP contribution in [0.5, 0.6) is 0 Å². The molecule has 0 amide bonds. The van der Waals surface area contributed by atoms with Crippen molar-refractivity contribution >= 4 is 17.7 Å². The van der Waals surface area contributed by atoms with Crippen LogP contribution in [0.1, 0.15) is 40.0 Å². The summed E-state index contributed by atoms with van der Waals surface area (Å²) in [7, 11) is 0. The van der Waals surface area contributed by atoms with Crippen LogP contribution in [0, 0.1) is 0 Å². The Labute approximate surface area is 85.4 Å². The molecule has 0 saturated heterocycles. The Morgan fingerprint density at radius 2 is 2.15 bits per heavy atom. The first-order chi connectivity index (χ1) is 6.20. The Balaban J connectivity index is 3.30. The molecule has 0 aromatic carbocycles. The zero-order valence-corrected chi connectivity index (χ0v) is 9.65. The number of rotatable bonds is 7. The molecule has 0 heterocycles. The van der Waals surface area contributed by atoms with Gasteiger partial charge in [-0.15, -0.1) is 11.8 Å². The van der Waals surface area contributed by atoms with Crippen LogP contribution in [-0.2, 0) is 9.53 Å². The minimum Gasteiger partial charge on any atom is -0.465 e. The monoisotopic (exact) mass is 204 g/mol. The number of thioether (sulfide) groups is 1. The van der Waals surface area contributed by atoms with Crippen LogP contribution < -0.4 is 0 Å². The standard InChI is InChI=1S/C10H20O2S/c1-4-6-7-12-10(11)8-13-9(3)5-2/h9H,4-8H2,1-3H3. The van der Waals surface area contributed by atoms with Gasteiger partial charge in [0.15, 0.2) is 0 Å². The van der Waals surface area contributed by atoms with E-state index in [1.54, 1.807) is 11.8 Å². The lowest BCUT2D eigenvalue weighted by Crippen LogP contribution is -2.10. The van der Waals surface area contributed by atoms with E-state index in [1.165, 1.54) is 0 Å². The summed E-state index contributed by atoms with van der Waals surface area (Å²) in [6.07, 6.45) is 3.15. The number of carbonyl (C=O) groups is 1. The molecular weight excluding hydrogens is 184 g/mol. The highest BCUT2D eigenvalue weighted by atomic mass is 32.2. The Hall–Kier alpha value is -0.180. The fourth-order valence-corrected chi connectivity index (χ4v) is 1.44. The van der Waals surface area contributed by atoms with Gasteiger partial charge in [-0.25, -0.2) is 0 Å². The Bertz CT molecular complexity index is 137. The summed E-state index contributed by atoms with van der Waals surface area (Å²) < 4.78 is 5.02. The number of unbranched alkanes of at least 4 members (excludes halogenated alkanes) is 1. The quantitative estimate of drug-likeness (QED) is 0.471. The van der Waals surface area contributed by atoms with Crippen molar-refractivity contribution in [2.75, 3.05) is 12.4 Å². The number of esters is 1. The van der Waals surface area contributed by atoms with Crippen LogP contribution in [0.2, 0.25) is 0 Å². The number of hydrogen-bond acceptors (Lipinski definition) is 3. The molecule has 0 bridgehead atoms. The molecule has 0 rings (SSSR count). The largest absolute Gasteiger partial charge is 0.465 e. The van der Waals surface area contributed by atoms with Crippen molar-refractivity contribution in [3.8, 4) is 0 Å². The summed E-state index contributed by atoms with van der Waals surface area (Å²) in [5.41, 5.74) is 0. The molecule has 0 radical (unpaired) electrons. The van der Waals surface area contributed by atoms with Gasteiger partial charge >= 0.3 is 5.97 Å². The maximum atomic E-state index is 11.1. The number of hydrogen-bond donors (Lipinski definition) is 0. The highest BCUT2D eigenvalue weighted by Crippen LogP contribution is 2.13. The van der Waals surface area contributed by atoms with Crippen LogP contribution in [0.3, 0.4) is 0 Å². The first-order valence-electron chi connectivity index (χ1n) is 4.97. The van der Waals surface area contributed by atoms with Gasteiger partial charge in [0.2, 0.25) is 0 Å². The lowest BCUT2D eigenvalue weighted by Gasteiger charge is -2.07. The molecule has 78 valence electrons. The Morgan fingerprint density at radius 1 is 1.46 bits per heavy atom. The Kier molecular flexibility index (Phi) is 8.30. The van der Waals surface area contributed by atoms with E-state index in [0.717, 1.165) is 19.3 Å². The fourth-order valence-electron chi connectivity index (χ4n) is 0.700. The van der Waals surface area contributed by atoms with E-state index in [0.29, 0.717) is 17.6 Å². The van der Waals surface area contributed by atoms with E-state index in [2.05, 4.69) is 20.8 Å². The number of ether oxygens (including phenoxy) is 1. The minimum atomic E-state index is -0.0706. The van der Waals surface area contributed by atoms with E-state index in [1.807, 2.05) is 0 Å². The molecule has 1 atom stereocenters. The molecule has 0 aliphatic rings. The summed E-state index contributed by atoms with van der Waals surface area (Å²) in [6, 6.07) is 0. The second kappa shape index (κ2) is 8.42. The van der Waals surface area contributed by atoms with E-state index in [-0.39, 0.29) is 5.97 Å². The van der Waals surface area contributed by atoms with Gasteiger partial charge in [0.1, 0.15) is 0 Å². The third-order valence-corrected chi connectivity index (χ3v) is 3.13. The average Bonchev–Trinajstić information content (AvgIpc) is 2.14.